The van der Waals surface area contributed by atoms with E-state index in [2.05, 4.69) is 15.3 Å². The molecule has 0 spiro atoms. The van der Waals surface area contributed by atoms with Gasteiger partial charge >= 0.3 is 0 Å². The van der Waals surface area contributed by atoms with Crippen LogP contribution in [0.4, 0.5) is 0 Å². The maximum absolute atomic E-state index is 12.6. The number of nitrogens with zero attached hydrogens (tertiary/aromatic N) is 4. The summed E-state index contributed by atoms with van der Waals surface area (Å²) in [5, 5.41) is 3.03. The first-order chi connectivity index (χ1) is 12.2. The molecule has 0 N–H and O–H groups in total. The summed E-state index contributed by atoms with van der Waals surface area (Å²) in [5.74, 6) is 0. The van der Waals surface area contributed by atoms with Crippen LogP contribution in [0.1, 0.15) is 16.4 Å². The van der Waals surface area contributed by atoms with Gasteiger partial charge in [0.05, 0.1) is 36.5 Å². The van der Waals surface area contributed by atoms with Crippen LogP contribution >= 0.6 is 11.3 Å². The third-order valence-electron chi connectivity index (χ3n) is 4.40. The average Bonchev–Trinajstić information content (AvgIpc) is 3.07. The fourth-order valence-corrected chi connectivity index (χ4v) is 3.87. The van der Waals surface area contributed by atoms with Crippen LogP contribution in [0.5, 0.6) is 0 Å². The number of thiazole rings is 1. The summed E-state index contributed by atoms with van der Waals surface area (Å²) >= 11 is 1.61. The normalized spacial score (nSPS) is 15.7. The molecule has 0 aliphatic carbocycles. The first-order valence-electron chi connectivity index (χ1n) is 8.40. The highest BCUT2D eigenvalue weighted by atomic mass is 32.1. The van der Waals surface area contributed by atoms with E-state index in [4.69, 9.17) is 9.72 Å². The number of benzene rings is 1. The van der Waals surface area contributed by atoms with E-state index in [-0.39, 0.29) is 5.56 Å². The van der Waals surface area contributed by atoms with Crippen molar-refractivity contribution in [2.45, 2.75) is 20.0 Å². The Kier molecular flexibility index (Phi) is 4.61. The minimum atomic E-state index is -0.0522. The number of ether oxygens (including phenoxy) is 1. The van der Waals surface area contributed by atoms with Crippen molar-refractivity contribution < 1.29 is 4.74 Å². The van der Waals surface area contributed by atoms with E-state index in [1.165, 1.54) is 0 Å². The SMILES string of the molecule is Cc1nc2ccccc2n(Cc2nc(CN3CCOCC3)cs2)c1=O. The van der Waals surface area contributed by atoms with Crippen LogP contribution in [0, 0.1) is 6.92 Å². The predicted molar refractivity (Wildman–Crippen MR) is 98.1 cm³/mol. The number of para-hydroxylation sites is 2. The minimum absolute atomic E-state index is 0.0522. The molecule has 3 heterocycles. The van der Waals surface area contributed by atoms with Crippen LogP contribution in [0.25, 0.3) is 11.0 Å². The number of hydrogen-bond donors (Lipinski definition) is 0. The molecule has 6 nitrogen and oxygen atoms in total. The van der Waals surface area contributed by atoms with E-state index < -0.39 is 0 Å². The Bertz CT molecular complexity index is 944. The lowest BCUT2D eigenvalue weighted by atomic mass is 10.3. The second-order valence-electron chi connectivity index (χ2n) is 6.20. The van der Waals surface area contributed by atoms with E-state index in [9.17, 15) is 4.79 Å². The Morgan fingerprint density at radius 1 is 1.16 bits per heavy atom. The second-order valence-corrected chi connectivity index (χ2v) is 7.14. The van der Waals surface area contributed by atoms with E-state index in [0.717, 1.165) is 54.6 Å². The number of aromatic nitrogens is 3. The lowest BCUT2D eigenvalue weighted by Crippen LogP contribution is -2.35. The molecule has 0 bridgehead atoms. The summed E-state index contributed by atoms with van der Waals surface area (Å²) in [7, 11) is 0. The number of aryl methyl sites for hydroxylation is 1. The molecule has 25 heavy (non-hydrogen) atoms. The van der Waals surface area contributed by atoms with E-state index in [0.29, 0.717) is 12.2 Å². The Morgan fingerprint density at radius 2 is 1.96 bits per heavy atom. The molecule has 3 aromatic rings. The van der Waals surface area contributed by atoms with Gasteiger partial charge < -0.3 is 4.74 Å². The topological polar surface area (TPSA) is 60.3 Å². The molecule has 4 rings (SSSR count). The van der Waals surface area contributed by atoms with Crippen LogP contribution in [-0.2, 0) is 17.8 Å². The maximum atomic E-state index is 12.6. The summed E-state index contributed by atoms with van der Waals surface area (Å²) in [6, 6.07) is 7.74. The molecule has 2 aromatic heterocycles. The molecule has 1 aliphatic heterocycles. The molecule has 0 radical (unpaired) electrons. The fraction of sp³-hybridized carbons (Fsp3) is 0.389. The quantitative estimate of drug-likeness (QED) is 0.716. The number of fused-ring (bicyclic) bond motifs is 1. The highest BCUT2D eigenvalue weighted by molar-refractivity contribution is 7.09. The largest absolute Gasteiger partial charge is 0.379 e. The molecule has 1 aromatic carbocycles. The Labute approximate surface area is 149 Å². The molecule has 0 atom stereocenters. The number of rotatable bonds is 4. The molecule has 7 heteroatoms. The van der Waals surface area contributed by atoms with Gasteiger partial charge in [0.25, 0.3) is 5.56 Å². The van der Waals surface area contributed by atoms with Gasteiger partial charge in [0, 0.05) is 25.0 Å². The Morgan fingerprint density at radius 3 is 2.80 bits per heavy atom. The monoisotopic (exact) mass is 356 g/mol. The highest BCUT2D eigenvalue weighted by Crippen LogP contribution is 2.16. The molecule has 0 saturated carbocycles. The zero-order valence-corrected chi connectivity index (χ0v) is 15.0. The van der Waals surface area contributed by atoms with Crippen LogP contribution < -0.4 is 5.56 Å². The van der Waals surface area contributed by atoms with Gasteiger partial charge in [0.15, 0.2) is 0 Å². The minimum Gasteiger partial charge on any atom is -0.379 e. The first kappa shape index (κ1) is 16.4. The van der Waals surface area contributed by atoms with Gasteiger partial charge in [0.1, 0.15) is 10.7 Å². The van der Waals surface area contributed by atoms with Crippen LogP contribution in [0.2, 0.25) is 0 Å². The van der Waals surface area contributed by atoms with Crippen LogP contribution in [0.3, 0.4) is 0 Å². The second kappa shape index (κ2) is 7.03. The predicted octanol–water partition coefficient (Wildman–Crippen LogP) is 2.04. The van der Waals surface area contributed by atoms with Crippen molar-refractivity contribution >= 4 is 22.4 Å². The van der Waals surface area contributed by atoms with Gasteiger partial charge in [-0.3, -0.25) is 14.3 Å². The zero-order valence-electron chi connectivity index (χ0n) is 14.1. The smallest absolute Gasteiger partial charge is 0.272 e. The molecular formula is C18H20N4O2S. The molecule has 0 amide bonds. The lowest BCUT2D eigenvalue weighted by Gasteiger charge is -2.25. The summed E-state index contributed by atoms with van der Waals surface area (Å²) in [4.78, 5) is 24.0. The zero-order chi connectivity index (χ0) is 17.2. The third kappa shape index (κ3) is 3.49. The highest BCUT2D eigenvalue weighted by Gasteiger charge is 2.14. The van der Waals surface area contributed by atoms with Crippen molar-refractivity contribution in [3.63, 3.8) is 0 Å². The van der Waals surface area contributed by atoms with E-state index >= 15 is 0 Å². The molecule has 1 aliphatic rings. The third-order valence-corrected chi connectivity index (χ3v) is 5.28. The number of morpholine rings is 1. The summed E-state index contributed by atoms with van der Waals surface area (Å²) in [6.45, 7) is 6.54. The Hall–Kier alpha value is -2.09. The van der Waals surface area contributed by atoms with Crippen molar-refractivity contribution in [3.05, 3.63) is 56.4 Å². The lowest BCUT2D eigenvalue weighted by molar-refractivity contribution is 0.0337. The fourth-order valence-electron chi connectivity index (χ4n) is 3.09. The molecule has 130 valence electrons. The van der Waals surface area contributed by atoms with Gasteiger partial charge in [-0.2, -0.15) is 0 Å². The Balaban J connectivity index is 1.59. The van der Waals surface area contributed by atoms with Crippen molar-refractivity contribution in [1.82, 2.24) is 19.4 Å². The van der Waals surface area contributed by atoms with Gasteiger partial charge in [-0.1, -0.05) is 12.1 Å². The van der Waals surface area contributed by atoms with Crippen molar-refractivity contribution in [2.24, 2.45) is 0 Å². The van der Waals surface area contributed by atoms with Gasteiger partial charge in [-0.05, 0) is 19.1 Å². The van der Waals surface area contributed by atoms with Crippen molar-refractivity contribution in [3.8, 4) is 0 Å². The van der Waals surface area contributed by atoms with Gasteiger partial charge in [-0.25, -0.2) is 9.97 Å². The van der Waals surface area contributed by atoms with Gasteiger partial charge in [0.2, 0.25) is 0 Å². The summed E-state index contributed by atoms with van der Waals surface area (Å²) in [5.41, 5.74) is 3.21. The molecule has 1 saturated heterocycles. The van der Waals surface area contributed by atoms with Crippen molar-refractivity contribution in [2.75, 3.05) is 26.3 Å². The van der Waals surface area contributed by atoms with Crippen LogP contribution in [-0.4, -0.2) is 45.7 Å². The molecule has 0 unspecified atom stereocenters. The maximum Gasteiger partial charge on any atom is 0.272 e. The summed E-state index contributed by atoms with van der Waals surface area (Å²) in [6.07, 6.45) is 0. The van der Waals surface area contributed by atoms with Gasteiger partial charge in [-0.15, -0.1) is 11.3 Å². The standard InChI is InChI=1S/C18H20N4O2S/c1-13-18(23)22(16-5-3-2-4-15(16)19-13)11-17-20-14(12-25-17)10-21-6-8-24-9-7-21/h2-5,12H,6-11H2,1H3. The first-order valence-corrected chi connectivity index (χ1v) is 9.28. The average molecular weight is 356 g/mol. The molecular weight excluding hydrogens is 336 g/mol. The van der Waals surface area contributed by atoms with Crippen molar-refractivity contribution in [1.29, 1.82) is 0 Å². The molecule has 1 fully saturated rings. The van der Waals surface area contributed by atoms with E-state index in [1.807, 2.05) is 24.3 Å². The van der Waals surface area contributed by atoms with Crippen LogP contribution in [0.15, 0.2) is 34.4 Å². The van der Waals surface area contributed by atoms with E-state index in [1.54, 1.807) is 22.8 Å². The summed E-state index contributed by atoms with van der Waals surface area (Å²) < 4.78 is 7.16. The number of hydrogen-bond acceptors (Lipinski definition) is 6.